The summed E-state index contributed by atoms with van der Waals surface area (Å²) in [6, 6.07) is 5.99. The van der Waals surface area contributed by atoms with E-state index in [-0.39, 0.29) is 5.82 Å². The molecule has 0 atom stereocenters. The molecule has 1 aromatic rings. The summed E-state index contributed by atoms with van der Waals surface area (Å²) >= 11 is 0. The van der Waals surface area contributed by atoms with Crippen molar-refractivity contribution in [3.8, 4) is 0 Å². The minimum atomic E-state index is -0.236. The average molecular weight is 121 g/mol. The van der Waals surface area contributed by atoms with Crippen molar-refractivity contribution in [2.45, 2.75) is 0 Å². The largest absolute Gasteiger partial charge is 0.207 e. The van der Waals surface area contributed by atoms with E-state index in [2.05, 4.69) is 0 Å². The molecule has 0 nitrogen and oxygen atoms in total. The van der Waals surface area contributed by atoms with Crippen molar-refractivity contribution in [3.05, 3.63) is 42.2 Å². The third-order valence-corrected chi connectivity index (χ3v) is 1.06. The molecular formula is C8H6F. The number of rotatable bonds is 1. The van der Waals surface area contributed by atoms with Crippen LogP contribution in [0.4, 0.5) is 4.39 Å². The highest BCUT2D eigenvalue weighted by Crippen LogP contribution is 2.02. The second kappa shape index (κ2) is 2.44. The molecule has 9 heavy (non-hydrogen) atoms. The van der Waals surface area contributed by atoms with Crippen LogP contribution in [0.5, 0.6) is 0 Å². The number of halogens is 1. The van der Waals surface area contributed by atoms with E-state index in [1.165, 1.54) is 18.2 Å². The van der Waals surface area contributed by atoms with Gasteiger partial charge in [-0.25, -0.2) is 4.39 Å². The van der Waals surface area contributed by atoms with E-state index in [1.54, 1.807) is 12.1 Å². The van der Waals surface area contributed by atoms with Crippen LogP contribution in [0.15, 0.2) is 24.3 Å². The van der Waals surface area contributed by atoms with Crippen molar-refractivity contribution in [3.63, 3.8) is 0 Å². The Bertz CT molecular complexity index is 198. The lowest BCUT2D eigenvalue weighted by molar-refractivity contribution is 0.628. The number of hydrogen-bond acceptors (Lipinski definition) is 0. The minimum Gasteiger partial charge on any atom is -0.207 e. The van der Waals surface area contributed by atoms with Crippen LogP contribution >= 0.6 is 0 Å². The SMILES string of the molecule is [CH]=Cc1ccc(F)cc1. The highest BCUT2D eigenvalue weighted by Gasteiger charge is 1.85. The van der Waals surface area contributed by atoms with Gasteiger partial charge in [0.2, 0.25) is 0 Å². The monoisotopic (exact) mass is 121 g/mol. The Labute approximate surface area is 53.6 Å². The van der Waals surface area contributed by atoms with Crippen LogP contribution in [-0.4, -0.2) is 0 Å². The summed E-state index contributed by atoms with van der Waals surface area (Å²) in [4.78, 5) is 0. The molecule has 0 unspecified atom stereocenters. The Morgan fingerprint density at radius 2 is 1.78 bits per heavy atom. The van der Waals surface area contributed by atoms with E-state index in [9.17, 15) is 4.39 Å². The zero-order valence-corrected chi connectivity index (χ0v) is 4.84. The van der Waals surface area contributed by atoms with Crippen molar-refractivity contribution in [1.29, 1.82) is 0 Å². The fourth-order valence-corrected chi connectivity index (χ4v) is 0.574. The predicted molar refractivity (Wildman–Crippen MR) is 35.2 cm³/mol. The van der Waals surface area contributed by atoms with Gasteiger partial charge in [-0.05, 0) is 17.7 Å². The zero-order chi connectivity index (χ0) is 6.69. The maximum absolute atomic E-state index is 12.2. The molecule has 0 aliphatic rings. The molecular weight excluding hydrogens is 115 g/mol. The van der Waals surface area contributed by atoms with Crippen LogP contribution in [0, 0.1) is 12.4 Å². The Balaban J connectivity index is 3.01. The molecule has 0 saturated carbocycles. The molecule has 0 N–H and O–H groups in total. The Morgan fingerprint density at radius 3 is 2.22 bits per heavy atom. The zero-order valence-electron chi connectivity index (χ0n) is 4.84. The fourth-order valence-electron chi connectivity index (χ4n) is 0.574. The molecule has 0 amide bonds. The van der Waals surface area contributed by atoms with E-state index in [0.717, 1.165) is 5.56 Å². The van der Waals surface area contributed by atoms with Gasteiger partial charge in [0.1, 0.15) is 5.82 Å². The summed E-state index contributed by atoms with van der Waals surface area (Å²) in [5.41, 5.74) is 0.830. The standard InChI is InChI=1S/C8H6F/c1-2-7-3-5-8(9)6-4-7/h1-6H. The van der Waals surface area contributed by atoms with Crippen LogP contribution < -0.4 is 0 Å². The van der Waals surface area contributed by atoms with Gasteiger partial charge < -0.3 is 0 Å². The Morgan fingerprint density at radius 1 is 1.22 bits per heavy atom. The van der Waals surface area contributed by atoms with Gasteiger partial charge >= 0.3 is 0 Å². The maximum Gasteiger partial charge on any atom is 0.123 e. The molecule has 1 aromatic carbocycles. The van der Waals surface area contributed by atoms with E-state index < -0.39 is 0 Å². The van der Waals surface area contributed by atoms with E-state index in [0.29, 0.717) is 0 Å². The molecule has 0 saturated heterocycles. The van der Waals surface area contributed by atoms with Crippen molar-refractivity contribution < 1.29 is 4.39 Å². The van der Waals surface area contributed by atoms with E-state index in [4.69, 9.17) is 6.58 Å². The first-order chi connectivity index (χ1) is 4.33. The Hall–Kier alpha value is -1.11. The summed E-state index contributed by atoms with van der Waals surface area (Å²) in [5, 5.41) is 0. The van der Waals surface area contributed by atoms with Crippen LogP contribution in [0.3, 0.4) is 0 Å². The molecule has 0 aliphatic heterocycles. The van der Waals surface area contributed by atoms with Gasteiger partial charge in [0.25, 0.3) is 0 Å². The summed E-state index contributed by atoms with van der Waals surface area (Å²) in [6.45, 7) is 5.15. The first-order valence-corrected chi connectivity index (χ1v) is 2.63. The van der Waals surface area contributed by atoms with Crippen molar-refractivity contribution in [1.82, 2.24) is 0 Å². The molecule has 1 rings (SSSR count). The van der Waals surface area contributed by atoms with Crippen LogP contribution in [0.1, 0.15) is 5.56 Å². The van der Waals surface area contributed by atoms with Crippen molar-refractivity contribution in [2.75, 3.05) is 0 Å². The van der Waals surface area contributed by atoms with Gasteiger partial charge in [-0.1, -0.05) is 24.8 Å². The van der Waals surface area contributed by atoms with Crippen molar-refractivity contribution in [2.24, 2.45) is 0 Å². The first kappa shape index (κ1) is 6.02. The van der Waals surface area contributed by atoms with Gasteiger partial charge in [0.15, 0.2) is 0 Å². The highest BCUT2D eigenvalue weighted by atomic mass is 19.1. The lowest BCUT2D eigenvalue weighted by atomic mass is 10.2. The van der Waals surface area contributed by atoms with E-state index in [1.807, 2.05) is 0 Å². The minimum absolute atomic E-state index is 0.236. The highest BCUT2D eigenvalue weighted by molar-refractivity contribution is 5.44. The molecule has 0 fully saturated rings. The summed E-state index contributed by atoms with van der Waals surface area (Å²) in [7, 11) is 0. The predicted octanol–water partition coefficient (Wildman–Crippen LogP) is 2.27. The number of hydrogen-bond donors (Lipinski definition) is 0. The van der Waals surface area contributed by atoms with Crippen molar-refractivity contribution >= 4 is 6.08 Å². The van der Waals surface area contributed by atoms with Gasteiger partial charge in [-0.15, -0.1) is 0 Å². The summed E-state index contributed by atoms with van der Waals surface area (Å²) in [6.07, 6.45) is 1.43. The first-order valence-electron chi connectivity index (χ1n) is 2.63. The molecule has 1 radical (unpaired) electrons. The molecule has 45 valence electrons. The lowest BCUT2D eigenvalue weighted by Crippen LogP contribution is -1.72. The van der Waals surface area contributed by atoms with Gasteiger partial charge in [0.05, 0.1) is 0 Å². The van der Waals surface area contributed by atoms with Gasteiger partial charge in [-0.3, -0.25) is 0 Å². The lowest BCUT2D eigenvalue weighted by Gasteiger charge is -1.88. The van der Waals surface area contributed by atoms with Crippen LogP contribution in [0.2, 0.25) is 0 Å². The van der Waals surface area contributed by atoms with Gasteiger partial charge in [0, 0.05) is 0 Å². The molecule has 1 heteroatoms. The van der Waals surface area contributed by atoms with Gasteiger partial charge in [-0.2, -0.15) is 0 Å². The second-order valence-corrected chi connectivity index (χ2v) is 1.72. The van der Waals surface area contributed by atoms with E-state index >= 15 is 0 Å². The summed E-state index contributed by atoms with van der Waals surface area (Å²) < 4.78 is 12.2. The molecule has 0 aromatic heterocycles. The molecule has 0 bridgehead atoms. The molecule has 0 aliphatic carbocycles. The normalized spacial score (nSPS) is 9.00. The average Bonchev–Trinajstić information content (AvgIpc) is 1.90. The summed E-state index contributed by atoms with van der Waals surface area (Å²) in [5.74, 6) is -0.236. The smallest absolute Gasteiger partial charge is 0.123 e. The third kappa shape index (κ3) is 1.39. The second-order valence-electron chi connectivity index (χ2n) is 1.72. The molecule has 0 heterocycles. The Kier molecular flexibility index (Phi) is 1.63. The topological polar surface area (TPSA) is 0 Å². The third-order valence-electron chi connectivity index (χ3n) is 1.06. The van der Waals surface area contributed by atoms with Crippen LogP contribution in [-0.2, 0) is 0 Å². The maximum atomic E-state index is 12.2. The number of benzene rings is 1. The quantitative estimate of drug-likeness (QED) is 0.534. The molecule has 0 spiro atoms. The fraction of sp³-hybridized carbons (Fsp3) is 0. The van der Waals surface area contributed by atoms with Crippen LogP contribution in [0.25, 0.3) is 6.08 Å².